The third-order valence-electron chi connectivity index (χ3n) is 3.99. The Labute approximate surface area is 119 Å². The summed E-state index contributed by atoms with van der Waals surface area (Å²) in [6.45, 7) is 2.64. The number of amides is 1. The summed E-state index contributed by atoms with van der Waals surface area (Å²) in [7, 11) is 1.87. The normalized spacial score (nSPS) is 23.9. The number of hydrogen-bond donors (Lipinski definition) is 1. The first-order valence-electron chi connectivity index (χ1n) is 6.99. The molecule has 0 spiro atoms. The van der Waals surface area contributed by atoms with Crippen LogP contribution in [-0.2, 0) is 11.3 Å². The lowest BCUT2D eigenvalue weighted by Crippen LogP contribution is -2.41. The molecule has 4 nitrogen and oxygen atoms in total. The van der Waals surface area contributed by atoms with E-state index in [0.717, 1.165) is 36.3 Å². The Bertz CT molecular complexity index is 432. The molecule has 1 aliphatic rings. The van der Waals surface area contributed by atoms with Crippen molar-refractivity contribution in [2.75, 3.05) is 7.05 Å². The molecule has 2 atom stereocenters. The van der Waals surface area contributed by atoms with Crippen LogP contribution < -0.4 is 5.73 Å². The van der Waals surface area contributed by atoms with Crippen molar-refractivity contribution in [2.24, 2.45) is 11.7 Å². The molecule has 0 radical (unpaired) electrons. The molecule has 1 fully saturated rings. The molecule has 0 aromatic carbocycles. The van der Waals surface area contributed by atoms with Gasteiger partial charge in [-0.1, -0.05) is 19.3 Å². The predicted molar refractivity (Wildman–Crippen MR) is 77.9 cm³/mol. The lowest BCUT2D eigenvalue weighted by Gasteiger charge is -2.26. The molecule has 2 N–H and O–H groups in total. The monoisotopic (exact) mass is 281 g/mol. The average Bonchev–Trinajstić information content (AvgIpc) is 2.66. The van der Waals surface area contributed by atoms with Gasteiger partial charge in [0, 0.05) is 18.0 Å². The van der Waals surface area contributed by atoms with Gasteiger partial charge in [0.1, 0.15) is 0 Å². The van der Waals surface area contributed by atoms with Crippen LogP contribution in [0.5, 0.6) is 0 Å². The van der Waals surface area contributed by atoms with E-state index in [1.54, 1.807) is 11.3 Å². The van der Waals surface area contributed by atoms with E-state index in [-0.39, 0.29) is 17.9 Å². The second-order valence-corrected chi connectivity index (χ2v) is 6.40. The number of carbonyl (C=O) groups excluding carboxylic acids is 1. The highest BCUT2D eigenvalue weighted by atomic mass is 32.1. The lowest BCUT2D eigenvalue weighted by atomic mass is 9.94. The second-order valence-electron chi connectivity index (χ2n) is 5.46. The lowest BCUT2D eigenvalue weighted by molar-refractivity contribution is -0.135. The van der Waals surface area contributed by atoms with E-state index in [0.29, 0.717) is 6.54 Å². The van der Waals surface area contributed by atoms with Crippen molar-refractivity contribution in [3.8, 4) is 0 Å². The van der Waals surface area contributed by atoms with Crippen molar-refractivity contribution in [3.63, 3.8) is 0 Å². The van der Waals surface area contributed by atoms with Crippen molar-refractivity contribution >= 4 is 17.2 Å². The van der Waals surface area contributed by atoms with Crippen LogP contribution in [0.25, 0.3) is 0 Å². The van der Waals surface area contributed by atoms with E-state index in [9.17, 15) is 4.79 Å². The first-order valence-corrected chi connectivity index (χ1v) is 7.87. The topological polar surface area (TPSA) is 59.2 Å². The number of aromatic nitrogens is 1. The van der Waals surface area contributed by atoms with Crippen molar-refractivity contribution in [1.82, 2.24) is 9.88 Å². The fraction of sp³-hybridized carbons (Fsp3) is 0.714. The van der Waals surface area contributed by atoms with Crippen LogP contribution in [0.4, 0.5) is 0 Å². The van der Waals surface area contributed by atoms with E-state index in [2.05, 4.69) is 4.98 Å². The SMILES string of the molecule is Cc1ncsc1CN(C)C(=O)C1CCCCCC1N. The third-order valence-corrected chi connectivity index (χ3v) is 4.91. The van der Waals surface area contributed by atoms with Crippen LogP contribution in [0.15, 0.2) is 5.51 Å². The number of aryl methyl sites for hydroxylation is 1. The van der Waals surface area contributed by atoms with Crippen LogP contribution in [0.1, 0.15) is 42.7 Å². The van der Waals surface area contributed by atoms with Gasteiger partial charge in [-0.25, -0.2) is 4.98 Å². The van der Waals surface area contributed by atoms with Gasteiger partial charge in [0.15, 0.2) is 0 Å². The average molecular weight is 281 g/mol. The van der Waals surface area contributed by atoms with Gasteiger partial charge in [0.05, 0.1) is 23.7 Å². The number of nitrogens with zero attached hydrogens (tertiary/aromatic N) is 2. The summed E-state index contributed by atoms with van der Waals surface area (Å²) in [4.78, 5) is 19.7. The molecule has 0 bridgehead atoms. The van der Waals surface area contributed by atoms with E-state index >= 15 is 0 Å². The van der Waals surface area contributed by atoms with E-state index in [1.807, 2.05) is 24.4 Å². The Kier molecular flexibility index (Phi) is 4.93. The zero-order chi connectivity index (χ0) is 13.8. The Balaban J connectivity index is 1.99. The molecule has 1 aliphatic carbocycles. The highest BCUT2D eigenvalue weighted by molar-refractivity contribution is 7.09. The Morgan fingerprint density at radius 2 is 2.21 bits per heavy atom. The zero-order valence-corrected chi connectivity index (χ0v) is 12.6. The summed E-state index contributed by atoms with van der Waals surface area (Å²) in [5, 5.41) is 0. The van der Waals surface area contributed by atoms with Gasteiger partial charge in [0.25, 0.3) is 0 Å². The predicted octanol–water partition coefficient (Wildman–Crippen LogP) is 2.32. The van der Waals surface area contributed by atoms with E-state index in [1.165, 1.54) is 6.42 Å². The summed E-state index contributed by atoms with van der Waals surface area (Å²) in [6, 6.07) is 0.0278. The van der Waals surface area contributed by atoms with Gasteiger partial charge >= 0.3 is 0 Å². The molecule has 1 amide bonds. The molecule has 1 saturated carbocycles. The van der Waals surface area contributed by atoms with Crippen LogP contribution in [0.2, 0.25) is 0 Å². The number of carbonyl (C=O) groups is 1. The number of rotatable bonds is 3. The molecule has 0 saturated heterocycles. The fourth-order valence-corrected chi connectivity index (χ4v) is 3.53. The minimum atomic E-state index is 0.000674. The number of thiazole rings is 1. The molecular formula is C14H23N3OS. The minimum Gasteiger partial charge on any atom is -0.340 e. The van der Waals surface area contributed by atoms with Crippen molar-refractivity contribution in [2.45, 2.75) is 51.6 Å². The van der Waals surface area contributed by atoms with Gasteiger partial charge in [-0.15, -0.1) is 11.3 Å². The van der Waals surface area contributed by atoms with Gasteiger partial charge in [-0.05, 0) is 19.8 Å². The van der Waals surface area contributed by atoms with Crippen molar-refractivity contribution in [1.29, 1.82) is 0 Å². The standard InChI is InChI=1S/C14H23N3OS/c1-10-13(19-9-16-10)8-17(2)14(18)11-6-4-3-5-7-12(11)15/h9,11-12H,3-8,15H2,1-2H3. The smallest absolute Gasteiger partial charge is 0.227 e. The Morgan fingerprint density at radius 3 is 2.89 bits per heavy atom. The summed E-state index contributed by atoms with van der Waals surface area (Å²) in [5.41, 5.74) is 9.02. The van der Waals surface area contributed by atoms with Gasteiger partial charge in [-0.2, -0.15) is 0 Å². The molecule has 106 valence electrons. The summed E-state index contributed by atoms with van der Waals surface area (Å²) in [5.74, 6) is 0.197. The van der Waals surface area contributed by atoms with Gasteiger partial charge < -0.3 is 10.6 Å². The van der Waals surface area contributed by atoms with Crippen LogP contribution in [0, 0.1) is 12.8 Å². The largest absolute Gasteiger partial charge is 0.340 e. The zero-order valence-electron chi connectivity index (χ0n) is 11.8. The molecule has 1 aromatic rings. The molecule has 1 heterocycles. The molecule has 2 rings (SSSR count). The maximum Gasteiger partial charge on any atom is 0.227 e. The van der Waals surface area contributed by atoms with E-state index in [4.69, 9.17) is 5.73 Å². The number of nitrogens with two attached hydrogens (primary N) is 1. The van der Waals surface area contributed by atoms with Crippen LogP contribution in [-0.4, -0.2) is 28.9 Å². The van der Waals surface area contributed by atoms with Crippen LogP contribution in [0.3, 0.4) is 0 Å². The third kappa shape index (κ3) is 3.54. The minimum absolute atomic E-state index is 0.000674. The maximum absolute atomic E-state index is 12.5. The van der Waals surface area contributed by atoms with Crippen LogP contribution >= 0.6 is 11.3 Å². The van der Waals surface area contributed by atoms with Gasteiger partial charge in [0.2, 0.25) is 5.91 Å². The molecule has 1 aromatic heterocycles. The first kappa shape index (κ1) is 14.5. The fourth-order valence-electron chi connectivity index (χ4n) is 2.70. The Morgan fingerprint density at radius 1 is 1.47 bits per heavy atom. The highest BCUT2D eigenvalue weighted by Gasteiger charge is 2.29. The summed E-state index contributed by atoms with van der Waals surface area (Å²) < 4.78 is 0. The number of hydrogen-bond acceptors (Lipinski definition) is 4. The summed E-state index contributed by atoms with van der Waals surface area (Å²) in [6.07, 6.45) is 5.39. The molecule has 5 heteroatoms. The highest BCUT2D eigenvalue weighted by Crippen LogP contribution is 2.25. The maximum atomic E-state index is 12.5. The first-order chi connectivity index (χ1) is 9.09. The van der Waals surface area contributed by atoms with E-state index < -0.39 is 0 Å². The molecule has 2 unspecified atom stereocenters. The van der Waals surface area contributed by atoms with Gasteiger partial charge in [-0.3, -0.25) is 4.79 Å². The summed E-state index contributed by atoms with van der Waals surface area (Å²) >= 11 is 1.61. The molecule has 19 heavy (non-hydrogen) atoms. The molecule has 0 aliphatic heterocycles. The Hall–Kier alpha value is -0.940. The quantitative estimate of drug-likeness (QED) is 0.865. The van der Waals surface area contributed by atoms with Crippen molar-refractivity contribution in [3.05, 3.63) is 16.1 Å². The second kappa shape index (κ2) is 6.48. The van der Waals surface area contributed by atoms with Crippen molar-refractivity contribution < 1.29 is 4.79 Å². The molecular weight excluding hydrogens is 258 g/mol.